The molecule has 2 aromatic rings. The van der Waals surface area contributed by atoms with E-state index in [-0.39, 0.29) is 12.0 Å². The summed E-state index contributed by atoms with van der Waals surface area (Å²) in [6.07, 6.45) is 1.72. The van der Waals surface area contributed by atoms with E-state index >= 15 is 0 Å². The fourth-order valence-corrected chi connectivity index (χ4v) is 3.08. The highest BCUT2D eigenvalue weighted by Gasteiger charge is 2.35. The fourth-order valence-electron chi connectivity index (χ4n) is 3.08. The Bertz CT molecular complexity index is 762. The summed E-state index contributed by atoms with van der Waals surface area (Å²) < 4.78 is 36.8. The maximum Gasteiger partial charge on any atom is 0.322 e. The number of ether oxygens (including phenoxy) is 1. The van der Waals surface area contributed by atoms with Crippen molar-refractivity contribution in [3.05, 3.63) is 23.7 Å². The third-order valence-corrected chi connectivity index (χ3v) is 4.31. The Morgan fingerprint density at radius 3 is 2.73 bits per heavy atom. The van der Waals surface area contributed by atoms with E-state index < -0.39 is 11.8 Å². The minimum atomic E-state index is -3.14. The molecule has 0 saturated carbocycles. The van der Waals surface area contributed by atoms with E-state index in [1.165, 1.54) is 0 Å². The van der Waals surface area contributed by atoms with Gasteiger partial charge in [0.1, 0.15) is 11.6 Å². The van der Waals surface area contributed by atoms with Crippen molar-refractivity contribution in [2.45, 2.75) is 39.7 Å². The lowest BCUT2D eigenvalue weighted by Gasteiger charge is -2.40. The number of hydrogen-bond donors (Lipinski definition) is 0. The minimum absolute atomic E-state index is 0.0208. The Balaban J connectivity index is 1.71. The molecule has 0 spiro atoms. The molecule has 0 aliphatic carbocycles. The van der Waals surface area contributed by atoms with E-state index in [9.17, 15) is 8.78 Å². The average molecular weight is 367 g/mol. The molecule has 1 saturated heterocycles. The van der Waals surface area contributed by atoms with Crippen LogP contribution in [0.5, 0.6) is 5.75 Å². The van der Waals surface area contributed by atoms with Gasteiger partial charge < -0.3 is 19.1 Å². The molecule has 0 bridgehead atoms. The van der Waals surface area contributed by atoms with Gasteiger partial charge in [-0.05, 0) is 37.6 Å². The van der Waals surface area contributed by atoms with Gasteiger partial charge in [-0.2, -0.15) is 13.8 Å². The van der Waals surface area contributed by atoms with Gasteiger partial charge in [0.25, 0.3) is 11.8 Å². The van der Waals surface area contributed by atoms with Gasteiger partial charge >= 0.3 is 5.92 Å². The van der Waals surface area contributed by atoms with Crippen molar-refractivity contribution in [2.75, 3.05) is 36.0 Å². The monoisotopic (exact) mass is 367 g/mol. The van der Waals surface area contributed by atoms with Crippen LogP contribution < -0.4 is 14.5 Å². The van der Waals surface area contributed by atoms with Crippen molar-refractivity contribution in [2.24, 2.45) is 0 Å². The molecular weight excluding hydrogens is 344 g/mol. The van der Waals surface area contributed by atoms with Gasteiger partial charge in [0.05, 0.1) is 12.8 Å². The molecule has 142 valence electrons. The highest BCUT2D eigenvalue weighted by molar-refractivity contribution is 5.51. The normalized spacial score (nSPS) is 18.3. The molecule has 0 N–H and O–H groups in total. The van der Waals surface area contributed by atoms with Crippen molar-refractivity contribution in [1.29, 1.82) is 0 Å². The molecule has 1 atom stereocenters. The lowest BCUT2D eigenvalue weighted by Crippen LogP contribution is -2.53. The molecule has 3 rings (SSSR count). The predicted molar refractivity (Wildman–Crippen MR) is 93.0 cm³/mol. The summed E-state index contributed by atoms with van der Waals surface area (Å²) in [7, 11) is 0. The molecule has 26 heavy (non-hydrogen) atoms. The first-order valence-corrected chi connectivity index (χ1v) is 8.62. The van der Waals surface area contributed by atoms with Crippen LogP contribution in [0.15, 0.2) is 16.8 Å². The second kappa shape index (κ2) is 7.05. The van der Waals surface area contributed by atoms with E-state index in [0.717, 1.165) is 24.1 Å². The number of rotatable bonds is 5. The van der Waals surface area contributed by atoms with E-state index in [2.05, 4.69) is 20.0 Å². The number of alkyl halides is 2. The Morgan fingerprint density at radius 2 is 2.15 bits per heavy atom. The molecule has 7 nitrogen and oxygen atoms in total. The highest BCUT2D eigenvalue weighted by atomic mass is 19.3. The summed E-state index contributed by atoms with van der Waals surface area (Å²) in [5.74, 6) is -1.95. The molecule has 1 aliphatic heterocycles. The van der Waals surface area contributed by atoms with Gasteiger partial charge in [-0.1, -0.05) is 0 Å². The summed E-state index contributed by atoms with van der Waals surface area (Å²) in [5.41, 5.74) is 1.03. The zero-order valence-electron chi connectivity index (χ0n) is 15.4. The summed E-state index contributed by atoms with van der Waals surface area (Å²) >= 11 is 0. The van der Waals surface area contributed by atoms with Crippen LogP contribution in [0.3, 0.4) is 0 Å². The molecule has 0 amide bonds. The van der Waals surface area contributed by atoms with Crippen LogP contribution in [0.2, 0.25) is 0 Å². The van der Waals surface area contributed by atoms with Gasteiger partial charge in [0.15, 0.2) is 0 Å². The standard InChI is InChI=1S/C17H23F2N5O2/c1-5-25-13-8-11(2)14(20-9-13)23-6-7-24(12(3)10-23)16-21-15(26-22-16)17(4,18)19/h8-9,12H,5-7,10H2,1-4H3/t12-/m0/s1. The van der Waals surface area contributed by atoms with Crippen LogP contribution >= 0.6 is 0 Å². The van der Waals surface area contributed by atoms with Crippen molar-refractivity contribution >= 4 is 11.8 Å². The fraction of sp³-hybridized carbons (Fsp3) is 0.588. The second-order valence-electron chi connectivity index (χ2n) is 6.52. The van der Waals surface area contributed by atoms with Crippen LogP contribution in [-0.2, 0) is 5.92 Å². The van der Waals surface area contributed by atoms with Gasteiger partial charge in [-0.25, -0.2) is 4.98 Å². The van der Waals surface area contributed by atoms with E-state index in [1.54, 1.807) is 6.20 Å². The first kappa shape index (κ1) is 18.3. The Labute approximate surface area is 151 Å². The third-order valence-electron chi connectivity index (χ3n) is 4.31. The number of halogens is 2. The van der Waals surface area contributed by atoms with Gasteiger partial charge in [-0.3, -0.25) is 0 Å². The van der Waals surface area contributed by atoms with E-state index in [4.69, 9.17) is 9.26 Å². The van der Waals surface area contributed by atoms with E-state index in [1.807, 2.05) is 31.7 Å². The molecule has 0 radical (unpaired) electrons. The summed E-state index contributed by atoms with van der Waals surface area (Å²) in [6.45, 7) is 9.21. The maximum absolute atomic E-state index is 13.3. The molecule has 9 heteroatoms. The zero-order valence-corrected chi connectivity index (χ0v) is 15.4. The third kappa shape index (κ3) is 3.71. The molecule has 0 unspecified atom stereocenters. The van der Waals surface area contributed by atoms with Crippen LogP contribution in [0.4, 0.5) is 20.5 Å². The lowest BCUT2D eigenvalue weighted by atomic mass is 10.1. The highest BCUT2D eigenvalue weighted by Crippen LogP contribution is 2.29. The summed E-state index contributed by atoms with van der Waals surface area (Å²) in [4.78, 5) is 12.4. The Morgan fingerprint density at radius 1 is 1.38 bits per heavy atom. The zero-order chi connectivity index (χ0) is 18.9. The van der Waals surface area contributed by atoms with Crippen molar-refractivity contribution in [3.63, 3.8) is 0 Å². The first-order chi connectivity index (χ1) is 12.3. The first-order valence-electron chi connectivity index (χ1n) is 8.62. The number of anilines is 2. The number of aryl methyl sites for hydroxylation is 1. The summed E-state index contributed by atoms with van der Waals surface area (Å²) in [6, 6.07) is 1.99. The lowest BCUT2D eigenvalue weighted by molar-refractivity contribution is -0.0158. The molecular formula is C17H23F2N5O2. The van der Waals surface area contributed by atoms with Crippen LogP contribution in [0.1, 0.15) is 32.2 Å². The van der Waals surface area contributed by atoms with Crippen molar-refractivity contribution < 1.29 is 18.0 Å². The number of piperazine rings is 1. The van der Waals surface area contributed by atoms with Gasteiger partial charge in [0, 0.05) is 32.6 Å². The number of nitrogens with zero attached hydrogens (tertiary/aromatic N) is 5. The molecule has 3 heterocycles. The van der Waals surface area contributed by atoms with Crippen LogP contribution in [-0.4, -0.2) is 47.4 Å². The smallest absolute Gasteiger partial charge is 0.322 e. The van der Waals surface area contributed by atoms with Crippen molar-refractivity contribution in [1.82, 2.24) is 15.1 Å². The Kier molecular flexibility index (Phi) is 4.97. The average Bonchev–Trinajstić information content (AvgIpc) is 3.05. The van der Waals surface area contributed by atoms with Gasteiger partial charge in [0.2, 0.25) is 0 Å². The van der Waals surface area contributed by atoms with Gasteiger partial charge in [-0.15, -0.1) is 0 Å². The number of aromatic nitrogens is 3. The van der Waals surface area contributed by atoms with Crippen molar-refractivity contribution in [3.8, 4) is 5.75 Å². The van der Waals surface area contributed by atoms with Crippen LogP contribution in [0.25, 0.3) is 0 Å². The van der Waals surface area contributed by atoms with E-state index in [0.29, 0.717) is 26.2 Å². The predicted octanol–water partition coefficient (Wildman–Crippen LogP) is 3.00. The molecule has 1 aliphatic rings. The maximum atomic E-state index is 13.3. The molecule has 0 aromatic carbocycles. The largest absolute Gasteiger partial charge is 0.492 e. The summed E-state index contributed by atoms with van der Waals surface area (Å²) in [5, 5.41) is 3.71. The second-order valence-corrected chi connectivity index (χ2v) is 6.52. The van der Waals surface area contributed by atoms with Crippen LogP contribution in [0, 0.1) is 6.92 Å². The minimum Gasteiger partial charge on any atom is -0.492 e. The quantitative estimate of drug-likeness (QED) is 0.805. The molecule has 2 aromatic heterocycles. The number of pyridine rings is 1. The SMILES string of the molecule is CCOc1cnc(N2CCN(c3noc(C(C)(F)F)n3)[C@@H](C)C2)c(C)c1. The topological polar surface area (TPSA) is 67.5 Å². The Hall–Kier alpha value is -2.45. The molecule has 1 fully saturated rings. The number of hydrogen-bond acceptors (Lipinski definition) is 7.